The Balaban J connectivity index is 2.75. The molecule has 1 aliphatic rings. The van der Waals surface area contributed by atoms with Crippen LogP contribution in [0.4, 0.5) is 0 Å². The van der Waals surface area contributed by atoms with Crippen molar-refractivity contribution in [2.45, 2.75) is 78.6 Å². The van der Waals surface area contributed by atoms with E-state index in [2.05, 4.69) is 5.32 Å². The summed E-state index contributed by atoms with van der Waals surface area (Å²) in [7, 11) is 1.54. The van der Waals surface area contributed by atoms with E-state index in [4.69, 9.17) is 16.2 Å². The maximum atomic E-state index is 13.2. The second-order valence-electron chi connectivity index (χ2n) is 9.36. The Kier molecular flexibility index (Phi) is 14.4. The second-order valence-corrected chi connectivity index (χ2v) is 9.36. The first-order chi connectivity index (χ1) is 16.2. The molecule has 0 aliphatic heterocycles. The number of carbonyl (C=O) groups excluding carboxylic acids is 3. The Morgan fingerprint density at radius 1 is 0.941 bits per heavy atom. The number of nitrogens with two attached hydrogens (primary N) is 2. The van der Waals surface area contributed by atoms with E-state index in [1.807, 2.05) is 19.9 Å². The van der Waals surface area contributed by atoms with Crippen LogP contribution < -0.4 is 16.8 Å². The van der Waals surface area contributed by atoms with E-state index in [-0.39, 0.29) is 35.2 Å². The van der Waals surface area contributed by atoms with Gasteiger partial charge in [-0.2, -0.15) is 0 Å². The van der Waals surface area contributed by atoms with Crippen LogP contribution in [0.5, 0.6) is 0 Å². The number of rotatable bonds is 17. The van der Waals surface area contributed by atoms with Crippen LogP contribution >= 0.6 is 0 Å². The SMILES string of the molecule is COC1=CC=C(NC(=O)[C@@H](C)CCCCN)CC=C1C(=O)[C@H](C)CC[C@@H](CCCCN)C(C)=O. The number of Topliss-reactive ketones (excluding diaryl/α,β-unsaturated/α-hetero) is 2. The zero-order valence-electron chi connectivity index (χ0n) is 21.5. The van der Waals surface area contributed by atoms with Gasteiger partial charge in [0.2, 0.25) is 5.91 Å². The quantitative estimate of drug-likeness (QED) is 0.274. The molecule has 0 aromatic carbocycles. The molecule has 1 aliphatic carbocycles. The van der Waals surface area contributed by atoms with E-state index in [1.165, 1.54) is 7.11 Å². The summed E-state index contributed by atoms with van der Waals surface area (Å²) in [5.41, 5.74) is 12.4. The molecule has 0 unspecified atom stereocenters. The fourth-order valence-corrected chi connectivity index (χ4v) is 4.08. The highest BCUT2D eigenvalue weighted by molar-refractivity contribution is 6.00. The van der Waals surface area contributed by atoms with Crippen molar-refractivity contribution < 1.29 is 19.1 Å². The summed E-state index contributed by atoms with van der Waals surface area (Å²) in [5.74, 6) is 0.252. The lowest BCUT2D eigenvalue weighted by molar-refractivity contribution is -0.124. The van der Waals surface area contributed by atoms with Crippen molar-refractivity contribution in [2.75, 3.05) is 20.2 Å². The molecule has 0 saturated carbocycles. The Labute approximate surface area is 205 Å². The monoisotopic (exact) mass is 475 g/mol. The largest absolute Gasteiger partial charge is 0.496 e. The van der Waals surface area contributed by atoms with Gasteiger partial charge < -0.3 is 21.5 Å². The number of unbranched alkanes of at least 4 members (excludes halogenated alkanes) is 2. The van der Waals surface area contributed by atoms with E-state index < -0.39 is 0 Å². The van der Waals surface area contributed by atoms with E-state index in [9.17, 15) is 14.4 Å². The molecule has 0 aromatic rings. The van der Waals surface area contributed by atoms with Gasteiger partial charge in [-0.15, -0.1) is 0 Å². The number of nitrogens with one attached hydrogen (secondary N) is 1. The van der Waals surface area contributed by atoms with Crippen LogP contribution in [-0.4, -0.2) is 37.7 Å². The number of amides is 1. The van der Waals surface area contributed by atoms with Crippen molar-refractivity contribution in [1.29, 1.82) is 0 Å². The molecule has 5 N–H and O–H groups in total. The van der Waals surface area contributed by atoms with E-state index in [0.29, 0.717) is 43.7 Å². The highest BCUT2D eigenvalue weighted by Gasteiger charge is 2.25. The first kappa shape index (κ1) is 29.8. The number of methoxy groups -OCH3 is 1. The molecule has 192 valence electrons. The number of allylic oxidation sites excluding steroid dienone is 4. The molecule has 7 nitrogen and oxygen atoms in total. The third kappa shape index (κ3) is 10.3. The van der Waals surface area contributed by atoms with Crippen molar-refractivity contribution in [2.24, 2.45) is 29.2 Å². The lowest BCUT2D eigenvalue weighted by Crippen LogP contribution is -2.28. The summed E-state index contributed by atoms with van der Waals surface area (Å²) in [6.45, 7) is 6.70. The van der Waals surface area contributed by atoms with Crippen molar-refractivity contribution >= 4 is 17.5 Å². The summed E-state index contributed by atoms with van der Waals surface area (Å²) in [6, 6.07) is 0. The van der Waals surface area contributed by atoms with Crippen LogP contribution in [0.1, 0.15) is 78.6 Å². The summed E-state index contributed by atoms with van der Waals surface area (Å²) < 4.78 is 5.49. The Morgan fingerprint density at radius 3 is 2.18 bits per heavy atom. The fraction of sp³-hybridized carbons (Fsp3) is 0.667. The molecular weight excluding hydrogens is 430 g/mol. The molecule has 0 saturated heterocycles. The lowest BCUT2D eigenvalue weighted by atomic mass is 9.86. The Hall–Kier alpha value is -2.25. The standard InChI is InChI=1S/C27H45N3O4/c1-19(11-12-22(21(3)31)10-6-8-18-29)26(32)24-15-13-23(14-16-25(24)34-4)30-27(33)20(2)9-5-7-17-28/h14-16,19-20,22H,5-13,17-18,28-29H2,1-4H3,(H,30,33)/t19-,20+,22-/m1/s1. The summed E-state index contributed by atoms with van der Waals surface area (Å²) >= 11 is 0. The van der Waals surface area contributed by atoms with Crippen LogP contribution in [0.15, 0.2) is 35.3 Å². The van der Waals surface area contributed by atoms with Gasteiger partial charge in [0.25, 0.3) is 0 Å². The van der Waals surface area contributed by atoms with Crippen molar-refractivity contribution in [1.82, 2.24) is 5.32 Å². The van der Waals surface area contributed by atoms with E-state index in [0.717, 1.165) is 44.2 Å². The van der Waals surface area contributed by atoms with Gasteiger partial charge in [0.15, 0.2) is 5.78 Å². The number of ether oxygens (including phenoxy) is 1. The third-order valence-corrected chi connectivity index (χ3v) is 6.51. The molecule has 3 atom stereocenters. The predicted octanol–water partition coefficient (Wildman–Crippen LogP) is 3.93. The van der Waals surface area contributed by atoms with Gasteiger partial charge in [-0.25, -0.2) is 0 Å². The molecule has 0 fully saturated rings. The normalized spacial score (nSPS) is 16.4. The van der Waals surface area contributed by atoms with Gasteiger partial charge in [-0.1, -0.05) is 32.8 Å². The van der Waals surface area contributed by atoms with Gasteiger partial charge in [0.1, 0.15) is 11.5 Å². The number of hydrogen-bond acceptors (Lipinski definition) is 6. The molecule has 0 heterocycles. The summed E-state index contributed by atoms with van der Waals surface area (Å²) in [6.07, 6.45) is 12.4. The second kappa shape index (κ2) is 16.4. The smallest absolute Gasteiger partial charge is 0.226 e. The average molecular weight is 476 g/mol. The topological polar surface area (TPSA) is 125 Å². The highest BCUT2D eigenvalue weighted by Crippen LogP contribution is 2.26. The van der Waals surface area contributed by atoms with Crippen molar-refractivity contribution in [3.8, 4) is 0 Å². The zero-order valence-corrected chi connectivity index (χ0v) is 21.5. The Bertz CT molecular complexity index is 770. The molecule has 7 heteroatoms. The zero-order chi connectivity index (χ0) is 25.5. The molecule has 0 bridgehead atoms. The summed E-state index contributed by atoms with van der Waals surface area (Å²) in [5, 5.41) is 2.98. The van der Waals surface area contributed by atoms with Crippen LogP contribution in [-0.2, 0) is 19.1 Å². The minimum absolute atomic E-state index is 0.00603. The molecule has 0 spiro atoms. The molecule has 0 aromatic heterocycles. The van der Waals surface area contributed by atoms with Crippen molar-refractivity contribution in [3.63, 3.8) is 0 Å². The van der Waals surface area contributed by atoms with Crippen LogP contribution in [0, 0.1) is 17.8 Å². The number of hydrogen-bond donors (Lipinski definition) is 3. The number of ketones is 2. The highest BCUT2D eigenvalue weighted by atomic mass is 16.5. The average Bonchev–Trinajstić information content (AvgIpc) is 3.02. The van der Waals surface area contributed by atoms with Gasteiger partial charge in [0.05, 0.1) is 12.7 Å². The van der Waals surface area contributed by atoms with Gasteiger partial charge >= 0.3 is 0 Å². The Morgan fingerprint density at radius 2 is 1.59 bits per heavy atom. The molecule has 0 radical (unpaired) electrons. The van der Waals surface area contributed by atoms with Crippen molar-refractivity contribution in [3.05, 3.63) is 35.3 Å². The molecular formula is C27H45N3O4. The number of carbonyl (C=O) groups is 3. The maximum absolute atomic E-state index is 13.2. The van der Waals surface area contributed by atoms with Gasteiger partial charge in [0, 0.05) is 29.9 Å². The summed E-state index contributed by atoms with van der Waals surface area (Å²) in [4.78, 5) is 37.8. The molecule has 34 heavy (non-hydrogen) atoms. The molecule has 1 amide bonds. The van der Waals surface area contributed by atoms with Crippen LogP contribution in [0.3, 0.4) is 0 Å². The van der Waals surface area contributed by atoms with E-state index >= 15 is 0 Å². The van der Waals surface area contributed by atoms with Crippen LogP contribution in [0.2, 0.25) is 0 Å². The van der Waals surface area contributed by atoms with Crippen LogP contribution in [0.25, 0.3) is 0 Å². The predicted molar refractivity (Wildman–Crippen MR) is 137 cm³/mol. The minimum Gasteiger partial charge on any atom is -0.496 e. The fourth-order valence-electron chi connectivity index (χ4n) is 4.08. The third-order valence-electron chi connectivity index (χ3n) is 6.51. The minimum atomic E-state index is -0.236. The molecule has 1 rings (SSSR count). The van der Waals surface area contributed by atoms with E-state index in [1.54, 1.807) is 19.1 Å². The first-order valence-electron chi connectivity index (χ1n) is 12.7. The van der Waals surface area contributed by atoms with Gasteiger partial charge in [-0.3, -0.25) is 14.4 Å². The van der Waals surface area contributed by atoms with Gasteiger partial charge in [-0.05, 0) is 70.7 Å². The maximum Gasteiger partial charge on any atom is 0.226 e. The first-order valence-corrected chi connectivity index (χ1v) is 12.7. The lowest BCUT2D eigenvalue weighted by Gasteiger charge is -2.18.